The molecule has 0 radical (unpaired) electrons. The maximum absolute atomic E-state index is 13.0. The topological polar surface area (TPSA) is 63.0 Å². The van der Waals surface area contributed by atoms with Crippen molar-refractivity contribution in [1.29, 1.82) is 0 Å². The summed E-state index contributed by atoms with van der Waals surface area (Å²) in [7, 11) is 1.53. The number of hydrogen-bond donors (Lipinski definition) is 0. The summed E-state index contributed by atoms with van der Waals surface area (Å²) >= 11 is 0. The van der Waals surface area contributed by atoms with Gasteiger partial charge in [-0.25, -0.2) is 4.39 Å². The lowest BCUT2D eigenvalue weighted by atomic mass is 10.2. The molecule has 0 saturated carbocycles. The highest BCUT2D eigenvalue weighted by Crippen LogP contribution is 2.20. The van der Waals surface area contributed by atoms with E-state index < -0.39 is 0 Å². The third-order valence-electron chi connectivity index (χ3n) is 5.13. The van der Waals surface area contributed by atoms with Crippen LogP contribution in [0.4, 0.5) is 4.39 Å². The van der Waals surface area contributed by atoms with Crippen LogP contribution in [0, 0.1) is 5.82 Å². The third kappa shape index (κ3) is 4.14. The first-order chi connectivity index (χ1) is 14.0. The first-order valence-corrected chi connectivity index (χ1v) is 9.41. The van der Waals surface area contributed by atoms with Gasteiger partial charge in [0.15, 0.2) is 11.2 Å². The summed E-state index contributed by atoms with van der Waals surface area (Å²) < 4.78 is 23.9. The van der Waals surface area contributed by atoms with Crippen LogP contribution < -0.4 is 10.2 Å². The van der Waals surface area contributed by atoms with Crippen molar-refractivity contribution in [3.63, 3.8) is 0 Å². The van der Waals surface area contributed by atoms with Crippen molar-refractivity contribution in [3.05, 3.63) is 75.9 Å². The Bertz CT molecular complexity index is 1090. The lowest BCUT2D eigenvalue weighted by Gasteiger charge is -2.34. The van der Waals surface area contributed by atoms with Crippen molar-refractivity contribution < 1.29 is 18.3 Å². The fourth-order valence-electron chi connectivity index (χ4n) is 3.48. The van der Waals surface area contributed by atoms with Gasteiger partial charge in [-0.05, 0) is 29.8 Å². The number of hydrogen-bond acceptors (Lipinski definition) is 5. The summed E-state index contributed by atoms with van der Waals surface area (Å²) in [6.07, 6.45) is 0. The van der Waals surface area contributed by atoms with Gasteiger partial charge in [-0.3, -0.25) is 14.5 Å². The van der Waals surface area contributed by atoms with Crippen LogP contribution in [0.2, 0.25) is 0 Å². The normalized spacial score (nSPS) is 14.9. The van der Waals surface area contributed by atoms with Gasteiger partial charge in [-0.1, -0.05) is 12.1 Å². The molecule has 0 unspecified atom stereocenters. The van der Waals surface area contributed by atoms with Crippen molar-refractivity contribution in [2.24, 2.45) is 0 Å². The number of methoxy groups -OCH3 is 1. The van der Waals surface area contributed by atoms with E-state index in [4.69, 9.17) is 9.15 Å². The number of halogens is 1. The van der Waals surface area contributed by atoms with E-state index in [9.17, 15) is 14.0 Å². The number of piperazine rings is 1. The molecule has 0 N–H and O–H groups in total. The molecule has 1 amide bonds. The minimum Gasteiger partial charge on any atom is -0.497 e. The Morgan fingerprint density at radius 3 is 2.48 bits per heavy atom. The highest BCUT2D eigenvalue weighted by molar-refractivity contribution is 5.93. The van der Waals surface area contributed by atoms with Crippen LogP contribution in [-0.2, 0) is 6.54 Å². The number of fused-ring (bicyclic) bond motifs is 1. The smallest absolute Gasteiger partial charge is 0.289 e. The Labute approximate surface area is 167 Å². The first-order valence-electron chi connectivity index (χ1n) is 9.41. The molecule has 6 nitrogen and oxygen atoms in total. The second-order valence-electron chi connectivity index (χ2n) is 7.03. The van der Waals surface area contributed by atoms with Gasteiger partial charge in [0.05, 0.1) is 12.5 Å². The van der Waals surface area contributed by atoms with E-state index in [-0.39, 0.29) is 22.9 Å². The molecule has 7 heteroatoms. The van der Waals surface area contributed by atoms with Crippen molar-refractivity contribution in [2.75, 3.05) is 33.3 Å². The molecule has 0 aliphatic carbocycles. The summed E-state index contributed by atoms with van der Waals surface area (Å²) in [4.78, 5) is 29.1. The Balaban J connectivity index is 1.45. The van der Waals surface area contributed by atoms with Gasteiger partial charge in [0.25, 0.3) is 5.91 Å². The summed E-state index contributed by atoms with van der Waals surface area (Å²) in [6.45, 7) is 3.14. The molecule has 150 valence electrons. The van der Waals surface area contributed by atoms with Crippen LogP contribution in [-0.4, -0.2) is 49.0 Å². The molecule has 1 aromatic heterocycles. The molecule has 0 bridgehead atoms. The molecular formula is C22H21FN2O4. The summed E-state index contributed by atoms with van der Waals surface area (Å²) in [5, 5.41) is 0.409. The quantitative estimate of drug-likeness (QED) is 0.679. The zero-order valence-corrected chi connectivity index (χ0v) is 16.1. The van der Waals surface area contributed by atoms with E-state index in [2.05, 4.69) is 4.90 Å². The fourth-order valence-corrected chi connectivity index (χ4v) is 3.48. The van der Waals surface area contributed by atoms with Gasteiger partial charge >= 0.3 is 0 Å². The maximum Gasteiger partial charge on any atom is 0.289 e. The number of amides is 1. The van der Waals surface area contributed by atoms with Crippen LogP contribution in [0.3, 0.4) is 0 Å². The number of benzene rings is 2. The largest absolute Gasteiger partial charge is 0.497 e. The monoisotopic (exact) mass is 396 g/mol. The number of carbonyl (C=O) groups excluding carboxylic acids is 1. The minimum absolute atomic E-state index is 0.0303. The Kier molecular flexibility index (Phi) is 5.31. The fraction of sp³-hybridized carbons (Fsp3) is 0.273. The summed E-state index contributed by atoms with van der Waals surface area (Å²) in [6, 6.07) is 12.6. The standard InChI is InChI=1S/C22H21FN2O4/c1-28-17-6-7-18-19(26)13-21(29-20(18)12-17)22(27)25-10-8-24(9-11-25)14-15-2-4-16(23)5-3-15/h2-7,12-13H,8-11,14H2,1H3. The van der Waals surface area contributed by atoms with Gasteiger partial charge in [-0.2, -0.15) is 0 Å². The van der Waals surface area contributed by atoms with Crippen molar-refractivity contribution in [2.45, 2.75) is 6.54 Å². The highest BCUT2D eigenvalue weighted by Gasteiger charge is 2.24. The van der Waals surface area contributed by atoms with Gasteiger partial charge in [0.2, 0.25) is 0 Å². The van der Waals surface area contributed by atoms with E-state index in [1.54, 1.807) is 35.2 Å². The number of rotatable bonds is 4. The van der Waals surface area contributed by atoms with Gasteiger partial charge in [0.1, 0.15) is 17.1 Å². The molecule has 1 aliphatic rings. The summed E-state index contributed by atoms with van der Waals surface area (Å²) in [5.74, 6) is 0.0364. The predicted molar refractivity (Wildman–Crippen MR) is 107 cm³/mol. The average Bonchev–Trinajstić information content (AvgIpc) is 2.75. The predicted octanol–water partition coefficient (Wildman–Crippen LogP) is 2.90. The van der Waals surface area contributed by atoms with Crippen LogP contribution in [0.25, 0.3) is 11.0 Å². The molecule has 1 aliphatic heterocycles. The molecule has 0 atom stereocenters. The lowest BCUT2D eigenvalue weighted by molar-refractivity contribution is 0.0598. The van der Waals surface area contributed by atoms with E-state index in [1.807, 2.05) is 0 Å². The van der Waals surface area contributed by atoms with E-state index in [0.29, 0.717) is 49.4 Å². The molecule has 1 fully saturated rings. The maximum atomic E-state index is 13.0. The average molecular weight is 396 g/mol. The molecule has 4 rings (SSSR count). The SMILES string of the molecule is COc1ccc2c(=O)cc(C(=O)N3CCN(Cc4ccc(F)cc4)CC3)oc2c1. The number of ether oxygens (including phenoxy) is 1. The molecule has 2 aromatic carbocycles. The second kappa shape index (κ2) is 8.05. The van der Waals surface area contributed by atoms with Crippen LogP contribution in [0.15, 0.2) is 57.7 Å². The molecule has 3 aromatic rings. The molecule has 29 heavy (non-hydrogen) atoms. The summed E-state index contributed by atoms with van der Waals surface area (Å²) in [5.41, 5.74) is 1.10. The van der Waals surface area contributed by atoms with Crippen LogP contribution in [0.1, 0.15) is 16.1 Å². The van der Waals surface area contributed by atoms with Crippen molar-refractivity contribution in [3.8, 4) is 5.75 Å². The molecule has 0 spiro atoms. The highest BCUT2D eigenvalue weighted by atomic mass is 19.1. The molecule has 2 heterocycles. The van der Waals surface area contributed by atoms with E-state index >= 15 is 0 Å². The lowest BCUT2D eigenvalue weighted by Crippen LogP contribution is -2.48. The molecular weight excluding hydrogens is 375 g/mol. The van der Waals surface area contributed by atoms with Gasteiger partial charge in [0, 0.05) is 44.9 Å². The Morgan fingerprint density at radius 2 is 1.79 bits per heavy atom. The number of nitrogens with zero attached hydrogens (tertiary/aromatic N) is 2. The van der Waals surface area contributed by atoms with Gasteiger partial charge in [-0.15, -0.1) is 0 Å². The van der Waals surface area contributed by atoms with E-state index in [1.165, 1.54) is 25.3 Å². The minimum atomic E-state index is -0.298. The second-order valence-corrected chi connectivity index (χ2v) is 7.03. The van der Waals surface area contributed by atoms with E-state index in [0.717, 1.165) is 5.56 Å². The van der Waals surface area contributed by atoms with Crippen LogP contribution in [0.5, 0.6) is 5.75 Å². The Hall–Kier alpha value is -3.19. The number of carbonyl (C=O) groups is 1. The first kappa shape index (κ1) is 19.1. The Morgan fingerprint density at radius 1 is 1.07 bits per heavy atom. The van der Waals surface area contributed by atoms with Crippen LogP contribution >= 0.6 is 0 Å². The molecule has 1 saturated heterocycles. The van der Waals surface area contributed by atoms with Crippen molar-refractivity contribution in [1.82, 2.24) is 9.80 Å². The van der Waals surface area contributed by atoms with Gasteiger partial charge < -0.3 is 14.1 Å². The zero-order chi connectivity index (χ0) is 20.4. The van der Waals surface area contributed by atoms with Crippen molar-refractivity contribution >= 4 is 16.9 Å². The zero-order valence-electron chi connectivity index (χ0n) is 16.1. The third-order valence-corrected chi connectivity index (χ3v) is 5.13.